The van der Waals surface area contributed by atoms with Gasteiger partial charge in [0, 0.05) is 0 Å². The van der Waals surface area contributed by atoms with Crippen LogP contribution >= 0.6 is 7.82 Å². The average Bonchev–Trinajstić information content (AvgIpc) is 2.49. The van der Waals surface area contributed by atoms with Gasteiger partial charge in [0.15, 0.2) is 0 Å². The van der Waals surface area contributed by atoms with Gasteiger partial charge in [0.1, 0.15) is 6.61 Å². The van der Waals surface area contributed by atoms with E-state index < -0.39 is 7.82 Å². The molecule has 0 aromatic carbocycles. The Morgan fingerprint density at radius 3 is 1.70 bits per heavy atom. The van der Waals surface area contributed by atoms with E-state index in [-0.39, 0.29) is 13.2 Å². The summed E-state index contributed by atoms with van der Waals surface area (Å²) in [6.45, 7) is 2.13. The first-order valence-corrected chi connectivity index (χ1v) is 9.87. The molecule has 23 heavy (non-hydrogen) atoms. The Morgan fingerprint density at radius 1 is 0.696 bits per heavy atom. The van der Waals surface area contributed by atoms with E-state index >= 15 is 0 Å². The molecule has 0 fully saturated rings. The van der Waals surface area contributed by atoms with Crippen molar-refractivity contribution >= 4 is 7.82 Å². The van der Waals surface area contributed by atoms with Gasteiger partial charge < -0.3 is 9.79 Å². The summed E-state index contributed by atoms with van der Waals surface area (Å²) < 4.78 is 14.4. The quantitative estimate of drug-likeness (QED) is 0.165. The zero-order valence-electron chi connectivity index (χ0n) is 14.0. The molecule has 0 bridgehead atoms. The van der Waals surface area contributed by atoms with Crippen molar-refractivity contribution in [2.75, 3.05) is 19.8 Å². The first-order valence-electron chi connectivity index (χ1n) is 8.34. The molecule has 0 unspecified atom stereocenters. The van der Waals surface area contributed by atoms with Gasteiger partial charge in [0.05, 0.1) is 13.2 Å². The Balaban J connectivity index is 3.01. The Labute approximate surface area is 138 Å². The van der Waals surface area contributed by atoms with E-state index in [0.29, 0.717) is 6.61 Å². The van der Waals surface area contributed by atoms with Gasteiger partial charge in [-0.05, 0) is 16.5 Å². The summed E-state index contributed by atoms with van der Waals surface area (Å²) in [6.07, 6.45) is 12.4. The van der Waals surface area contributed by atoms with Crippen LogP contribution in [0.3, 0.4) is 0 Å². The summed E-state index contributed by atoms with van der Waals surface area (Å²) in [4.78, 5) is 25.9. The van der Waals surface area contributed by atoms with Crippen LogP contribution in [0.4, 0.5) is 0 Å². The highest BCUT2D eigenvalue weighted by Gasteiger charge is 2.12. The summed E-state index contributed by atoms with van der Waals surface area (Å²) in [5, 5.41) is 8.46. The molecule has 0 aromatic heterocycles. The molecule has 2 N–H and O–H groups in total. The maximum atomic E-state index is 10.3. The van der Waals surface area contributed by atoms with Crippen LogP contribution < -0.4 is 0 Å². The standard InChI is InChI=1S/C14H31O8P/c1-2-3-4-5-6-7-8-9-10-11-12-18-21-22-19-13-14-20-23(15,16)17/h2-14H2,1H3,(H2,15,16,17). The number of rotatable bonds is 18. The maximum absolute atomic E-state index is 10.3. The number of unbranched alkanes of at least 4 members (excludes halogenated alkanes) is 9. The Bertz CT molecular complexity index is 284. The summed E-state index contributed by atoms with van der Waals surface area (Å²) >= 11 is 0. The third-order valence-electron chi connectivity index (χ3n) is 3.13. The zero-order chi connectivity index (χ0) is 17.2. The van der Waals surface area contributed by atoms with Crippen molar-refractivity contribution in [2.45, 2.75) is 71.1 Å². The van der Waals surface area contributed by atoms with E-state index in [1.165, 1.54) is 51.4 Å². The Morgan fingerprint density at radius 2 is 1.17 bits per heavy atom. The molecular weight excluding hydrogens is 327 g/mol. The molecule has 0 aliphatic carbocycles. The molecule has 0 saturated heterocycles. The minimum Gasteiger partial charge on any atom is -0.303 e. The third-order valence-corrected chi connectivity index (χ3v) is 3.65. The van der Waals surface area contributed by atoms with Gasteiger partial charge in [0.25, 0.3) is 0 Å². The van der Waals surface area contributed by atoms with E-state index in [2.05, 4.69) is 26.4 Å². The van der Waals surface area contributed by atoms with Crippen LogP contribution in [0.1, 0.15) is 71.1 Å². The monoisotopic (exact) mass is 358 g/mol. The molecule has 0 rings (SSSR count). The van der Waals surface area contributed by atoms with Crippen LogP contribution in [-0.2, 0) is 28.9 Å². The van der Waals surface area contributed by atoms with E-state index in [9.17, 15) is 4.57 Å². The number of hydrogen-bond acceptors (Lipinski definition) is 6. The minimum absolute atomic E-state index is 0.188. The van der Waals surface area contributed by atoms with Gasteiger partial charge in [-0.15, -0.1) is 0 Å². The average molecular weight is 358 g/mol. The Hall–Kier alpha value is -0.0500. The number of phosphoric acid groups is 1. The molecule has 0 aromatic rings. The van der Waals surface area contributed by atoms with E-state index in [1.54, 1.807) is 0 Å². The second kappa shape index (κ2) is 16.8. The van der Waals surface area contributed by atoms with E-state index in [0.717, 1.165) is 12.8 Å². The van der Waals surface area contributed by atoms with Gasteiger partial charge in [-0.2, -0.15) is 0 Å². The van der Waals surface area contributed by atoms with Crippen molar-refractivity contribution in [3.05, 3.63) is 0 Å². The normalized spacial score (nSPS) is 12.0. The van der Waals surface area contributed by atoms with Gasteiger partial charge in [0.2, 0.25) is 0 Å². The lowest BCUT2D eigenvalue weighted by Gasteiger charge is -2.05. The van der Waals surface area contributed by atoms with Gasteiger partial charge in [-0.1, -0.05) is 64.7 Å². The van der Waals surface area contributed by atoms with Crippen LogP contribution in [0.2, 0.25) is 0 Å². The molecule has 0 heterocycles. The molecule has 0 spiro atoms. The van der Waals surface area contributed by atoms with Gasteiger partial charge in [-0.3, -0.25) is 4.52 Å². The van der Waals surface area contributed by atoms with E-state index in [4.69, 9.17) is 14.7 Å². The van der Waals surface area contributed by atoms with Crippen LogP contribution in [0.25, 0.3) is 0 Å². The van der Waals surface area contributed by atoms with Gasteiger partial charge in [-0.25, -0.2) is 14.3 Å². The fourth-order valence-electron chi connectivity index (χ4n) is 1.95. The lowest BCUT2D eigenvalue weighted by Crippen LogP contribution is -2.05. The summed E-state index contributed by atoms with van der Waals surface area (Å²) in [6, 6.07) is 0. The predicted octanol–water partition coefficient (Wildman–Crippen LogP) is 3.83. The topological polar surface area (TPSA) is 104 Å². The van der Waals surface area contributed by atoms with Crippen LogP contribution in [0.5, 0.6) is 0 Å². The summed E-state index contributed by atoms with van der Waals surface area (Å²) in [7, 11) is -4.46. The van der Waals surface area contributed by atoms with Crippen molar-refractivity contribution in [1.29, 1.82) is 0 Å². The molecule has 0 amide bonds. The minimum atomic E-state index is -4.46. The maximum Gasteiger partial charge on any atom is 0.469 e. The van der Waals surface area contributed by atoms with Crippen molar-refractivity contribution in [2.24, 2.45) is 0 Å². The van der Waals surface area contributed by atoms with Crippen molar-refractivity contribution < 1.29 is 38.7 Å². The molecule has 0 saturated carbocycles. The van der Waals surface area contributed by atoms with Crippen molar-refractivity contribution in [3.63, 3.8) is 0 Å². The molecule has 8 nitrogen and oxygen atoms in total. The first kappa shape index (κ1) is 22.9. The smallest absolute Gasteiger partial charge is 0.303 e. The molecule has 140 valence electrons. The van der Waals surface area contributed by atoms with Crippen molar-refractivity contribution in [1.82, 2.24) is 0 Å². The molecule has 9 heteroatoms. The molecule has 0 aliphatic rings. The van der Waals surface area contributed by atoms with Crippen molar-refractivity contribution in [3.8, 4) is 0 Å². The lowest BCUT2D eigenvalue weighted by atomic mass is 10.1. The Kier molecular flexibility index (Phi) is 16.8. The molecular formula is C14H31O8P. The number of hydrogen-bond donors (Lipinski definition) is 2. The van der Waals surface area contributed by atoms with Crippen LogP contribution in [0, 0.1) is 0 Å². The fraction of sp³-hybridized carbons (Fsp3) is 1.00. The highest BCUT2D eigenvalue weighted by molar-refractivity contribution is 7.46. The largest absolute Gasteiger partial charge is 0.469 e. The van der Waals surface area contributed by atoms with Crippen LogP contribution in [0.15, 0.2) is 0 Å². The number of phosphoric ester groups is 1. The highest BCUT2D eigenvalue weighted by Crippen LogP contribution is 2.35. The third kappa shape index (κ3) is 21.9. The molecule has 0 radical (unpaired) electrons. The SMILES string of the molecule is CCCCCCCCCCCCOOOOCCOP(=O)(O)O. The predicted molar refractivity (Wildman–Crippen MR) is 83.9 cm³/mol. The first-order chi connectivity index (χ1) is 11.1. The van der Waals surface area contributed by atoms with E-state index in [1.807, 2.05) is 0 Å². The fourth-order valence-corrected chi connectivity index (χ4v) is 2.26. The lowest BCUT2D eigenvalue weighted by molar-refractivity contribution is -0.634. The molecule has 0 atom stereocenters. The zero-order valence-corrected chi connectivity index (χ0v) is 14.9. The second-order valence-corrected chi connectivity index (χ2v) is 6.53. The highest BCUT2D eigenvalue weighted by atomic mass is 31.2. The second-order valence-electron chi connectivity index (χ2n) is 5.29. The summed E-state index contributed by atoms with van der Waals surface area (Å²) in [5.41, 5.74) is 0. The van der Waals surface area contributed by atoms with Crippen LogP contribution in [-0.4, -0.2) is 29.6 Å². The summed E-state index contributed by atoms with van der Waals surface area (Å²) in [5.74, 6) is 0. The molecule has 0 aliphatic heterocycles. The van der Waals surface area contributed by atoms with Gasteiger partial charge >= 0.3 is 7.82 Å².